The number of esters is 1. The van der Waals surface area contributed by atoms with Gasteiger partial charge >= 0.3 is 5.97 Å². The number of carbonyl (C=O) groups excluding carboxylic acids is 1. The Bertz CT molecular complexity index is 853. The Morgan fingerprint density at radius 1 is 1.38 bits per heavy atom. The fourth-order valence-electron chi connectivity index (χ4n) is 2.46. The summed E-state index contributed by atoms with van der Waals surface area (Å²) in [4.78, 5) is 18.8. The number of hydrogen-bond donors (Lipinski definition) is 1. The molecule has 1 aliphatic heterocycles. The summed E-state index contributed by atoms with van der Waals surface area (Å²) in [6, 6.07) is 1.25. The highest BCUT2D eigenvalue weighted by Gasteiger charge is 2.28. The van der Waals surface area contributed by atoms with Crippen molar-refractivity contribution in [2.45, 2.75) is 31.3 Å². The third kappa shape index (κ3) is 4.11. The van der Waals surface area contributed by atoms with Gasteiger partial charge in [0.2, 0.25) is 10.0 Å². The zero-order valence-electron chi connectivity index (χ0n) is 14.3. The second-order valence-electron chi connectivity index (χ2n) is 5.70. The first-order valence-corrected chi connectivity index (χ1v) is 9.69. The van der Waals surface area contributed by atoms with Gasteiger partial charge in [-0.25, -0.2) is 13.2 Å². The molecule has 3 heterocycles. The van der Waals surface area contributed by atoms with Crippen LogP contribution in [-0.2, 0) is 32.5 Å². The fraction of sp³-hybridized carbons (Fsp3) is 0.533. The Labute approximate surface area is 150 Å². The van der Waals surface area contributed by atoms with Crippen LogP contribution in [0.3, 0.4) is 0 Å². The first-order valence-electron chi connectivity index (χ1n) is 8.25. The van der Waals surface area contributed by atoms with Crippen molar-refractivity contribution in [2.24, 2.45) is 0 Å². The molecule has 0 atom stereocenters. The third-order valence-corrected chi connectivity index (χ3v) is 5.67. The second kappa shape index (κ2) is 7.98. The van der Waals surface area contributed by atoms with Gasteiger partial charge in [0.25, 0.3) is 5.89 Å². The molecule has 1 fully saturated rings. The lowest BCUT2D eigenvalue weighted by molar-refractivity contribution is 0.0423. The number of carbonyl (C=O) groups is 1. The second-order valence-corrected chi connectivity index (χ2v) is 7.63. The van der Waals surface area contributed by atoms with Crippen LogP contribution in [0.15, 0.2) is 21.7 Å². The predicted octanol–water partition coefficient (Wildman–Crippen LogP) is 0.728. The zero-order chi connectivity index (χ0) is 18.6. The molecule has 10 nitrogen and oxygen atoms in total. The van der Waals surface area contributed by atoms with Crippen molar-refractivity contribution in [3.8, 4) is 0 Å². The number of nitrogens with zero attached hydrogens (tertiary/aromatic N) is 3. The SMILES string of the molecule is CCCc1noc(COC(=O)c2cc(S(=O)(=O)N3CCOCC3)c[nH]2)n1. The van der Waals surface area contributed by atoms with Gasteiger partial charge in [0.15, 0.2) is 12.4 Å². The monoisotopic (exact) mass is 384 g/mol. The first kappa shape index (κ1) is 18.5. The van der Waals surface area contributed by atoms with Gasteiger partial charge in [-0.15, -0.1) is 0 Å². The molecule has 0 bridgehead atoms. The number of aromatic nitrogens is 3. The minimum absolute atomic E-state index is 0.00868. The molecule has 1 saturated heterocycles. The number of aryl methyl sites for hydroxylation is 1. The van der Waals surface area contributed by atoms with Gasteiger partial charge in [-0.05, 0) is 12.5 Å². The van der Waals surface area contributed by atoms with Gasteiger partial charge in [0.1, 0.15) is 10.6 Å². The minimum Gasteiger partial charge on any atom is -0.451 e. The minimum atomic E-state index is -3.67. The molecule has 3 rings (SSSR count). The molecular formula is C15H20N4O6S. The topological polar surface area (TPSA) is 128 Å². The van der Waals surface area contributed by atoms with E-state index in [0.717, 1.165) is 6.42 Å². The van der Waals surface area contributed by atoms with Crippen LogP contribution in [0.2, 0.25) is 0 Å². The third-order valence-electron chi connectivity index (χ3n) is 3.79. The highest BCUT2D eigenvalue weighted by Crippen LogP contribution is 2.18. The van der Waals surface area contributed by atoms with Crippen molar-refractivity contribution in [3.63, 3.8) is 0 Å². The summed E-state index contributed by atoms with van der Waals surface area (Å²) in [5, 5.41) is 3.76. The Morgan fingerprint density at radius 3 is 2.88 bits per heavy atom. The van der Waals surface area contributed by atoms with E-state index in [9.17, 15) is 13.2 Å². The quantitative estimate of drug-likeness (QED) is 0.692. The van der Waals surface area contributed by atoms with Crippen LogP contribution in [0.5, 0.6) is 0 Å². The molecule has 1 aliphatic rings. The number of ether oxygens (including phenoxy) is 2. The number of rotatable bonds is 7. The van der Waals surface area contributed by atoms with Crippen molar-refractivity contribution in [1.29, 1.82) is 0 Å². The highest BCUT2D eigenvalue weighted by atomic mass is 32.2. The maximum absolute atomic E-state index is 12.5. The molecule has 0 saturated carbocycles. The normalized spacial score (nSPS) is 15.9. The number of H-pyrrole nitrogens is 1. The summed E-state index contributed by atoms with van der Waals surface area (Å²) in [7, 11) is -3.67. The van der Waals surface area contributed by atoms with Gasteiger partial charge in [0, 0.05) is 25.7 Å². The average molecular weight is 384 g/mol. The molecule has 0 aromatic carbocycles. The number of aromatic amines is 1. The molecule has 2 aromatic heterocycles. The van der Waals surface area contributed by atoms with E-state index in [4.69, 9.17) is 14.0 Å². The smallest absolute Gasteiger partial charge is 0.355 e. The van der Waals surface area contributed by atoms with Crippen molar-refractivity contribution in [2.75, 3.05) is 26.3 Å². The average Bonchev–Trinajstić information content (AvgIpc) is 3.31. The molecule has 2 aromatic rings. The van der Waals surface area contributed by atoms with Crippen molar-refractivity contribution in [3.05, 3.63) is 29.7 Å². The maximum Gasteiger partial charge on any atom is 0.355 e. The predicted molar refractivity (Wildman–Crippen MR) is 87.8 cm³/mol. The zero-order valence-corrected chi connectivity index (χ0v) is 15.1. The number of sulfonamides is 1. The van der Waals surface area contributed by atoms with E-state index in [1.807, 2.05) is 6.92 Å². The Balaban J connectivity index is 1.62. The Morgan fingerprint density at radius 2 is 2.15 bits per heavy atom. The van der Waals surface area contributed by atoms with Crippen LogP contribution in [0, 0.1) is 0 Å². The molecule has 0 radical (unpaired) electrons. The van der Waals surface area contributed by atoms with Crippen LogP contribution >= 0.6 is 0 Å². The van der Waals surface area contributed by atoms with Gasteiger partial charge in [-0.3, -0.25) is 0 Å². The molecule has 0 spiro atoms. The molecule has 26 heavy (non-hydrogen) atoms. The maximum atomic E-state index is 12.5. The van der Waals surface area contributed by atoms with Crippen molar-refractivity contribution in [1.82, 2.24) is 19.4 Å². The summed E-state index contributed by atoms with van der Waals surface area (Å²) in [6.07, 6.45) is 2.83. The van der Waals surface area contributed by atoms with Crippen LogP contribution in [0.25, 0.3) is 0 Å². The van der Waals surface area contributed by atoms with E-state index in [0.29, 0.717) is 25.5 Å². The Hall–Kier alpha value is -2.24. The summed E-state index contributed by atoms with van der Waals surface area (Å²) < 4.78 is 41.6. The largest absolute Gasteiger partial charge is 0.451 e. The summed E-state index contributed by atoms with van der Waals surface area (Å²) >= 11 is 0. The molecular weight excluding hydrogens is 364 g/mol. The van der Waals surface area contributed by atoms with Gasteiger partial charge < -0.3 is 19.0 Å². The first-order chi connectivity index (χ1) is 12.5. The standard InChI is InChI=1S/C15H20N4O6S/c1-2-3-13-17-14(25-18-13)10-24-15(20)12-8-11(9-16-12)26(21,22)19-4-6-23-7-5-19/h8-9,16H,2-7,10H2,1H3. The number of hydrogen-bond acceptors (Lipinski definition) is 8. The molecule has 0 aliphatic carbocycles. The molecule has 0 unspecified atom stereocenters. The Kier molecular flexibility index (Phi) is 5.69. The lowest BCUT2D eigenvalue weighted by Crippen LogP contribution is -2.40. The van der Waals surface area contributed by atoms with Crippen LogP contribution in [0.1, 0.15) is 35.5 Å². The van der Waals surface area contributed by atoms with Crippen LogP contribution in [-0.4, -0.2) is 60.1 Å². The summed E-state index contributed by atoms with van der Waals surface area (Å²) in [6.45, 7) is 3.07. The van der Waals surface area contributed by atoms with E-state index in [2.05, 4.69) is 15.1 Å². The number of morpholine rings is 1. The van der Waals surface area contributed by atoms with Gasteiger partial charge in [0.05, 0.1) is 13.2 Å². The molecule has 0 amide bonds. The van der Waals surface area contributed by atoms with E-state index < -0.39 is 16.0 Å². The van der Waals surface area contributed by atoms with E-state index >= 15 is 0 Å². The molecule has 142 valence electrons. The van der Waals surface area contributed by atoms with Crippen molar-refractivity contribution >= 4 is 16.0 Å². The lowest BCUT2D eigenvalue weighted by atomic mass is 10.3. The molecule has 1 N–H and O–H groups in total. The summed E-state index contributed by atoms with van der Waals surface area (Å²) in [5.74, 6) is 0.0375. The van der Waals surface area contributed by atoms with E-state index in [1.54, 1.807) is 0 Å². The van der Waals surface area contributed by atoms with Gasteiger partial charge in [-0.1, -0.05) is 12.1 Å². The van der Waals surface area contributed by atoms with E-state index in [-0.39, 0.29) is 36.2 Å². The summed E-state index contributed by atoms with van der Waals surface area (Å²) in [5.41, 5.74) is 0.0325. The van der Waals surface area contributed by atoms with E-state index in [1.165, 1.54) is 16.6 Å². The van der Waals surface area contributed by atoms with Crippen LogP contribution < -0.4 is 0 Å². The lowest BCUT2D eigenvalue weighted by Gasteiger charge is -2.25. The number of nitrogens with one attached hydrogen (secondary N) is 1. The van der Waals surface area contributed by atoms with Crippen LogP contribution in [0.4, 0.5) is 0 Å². The molecule has 11 heteroatoms. The van der Waals surface area contributed by atoms with Crippen molar-refractivity contribution < 1.29 is 27.2 Å². The van der Waals surface area contributed by atoms with Gasteiger partial charge in [-0.2, -0.15) is 9.29 Å². The highest BCUT2D eigenvalue weighted by molar-refractivity contribution is 7.89. The fourth-order valence-corrected chi connectivity index (χ4v) is 3.86.